The van der Waals surface area contributed by atoms with E-state index >= 15 is 0 Å². The molecule has 0 amide bonds. The first-order valence-electron chi connectivity index (χ1n) is 10.0. The highest BCUT2D eigenvalue weighted by atomic mass is 32.2. The molecule has 0 aliphatic carbocycles. The summed E-state index contributed by atoms with van der Waals surface area (Å²) in [5.41, 5.74) is 0.564. The van der Waals surface area contributed by atoms with Crippen LogP contribution >= 0.6 is 0 Å². The third kappa shape index (κ3) is 5.73. The first-order valence-corrected chi connectivity index (χ1v) is 11.6. The number of aromatic nitrogens is 2. The maximum Gasteiger partial charge on any atom is 0.337 e. The van der Waals surface area contributed by atoms with Crippen LogP contribution in [0.5, 0.6) is 11.5 Å². The van der Waals surface area contributed by atoms with Gasteiger partial charge in [0.05, 0.1) is 18.4 Å². The Hall–Kier alpha value is -3.66. The van der Waals surface area contributed by atoms with Crippen molar-refractivity contribution in [3.8, 4) is 11.5 Å². The van der Waals surface area contributed by atoms with Crippen LogP contribution in [0.15, 0.2) is 65.8 Å². The molecule has 0 bridgehead atoms. The van der Waals surface area contributed by atoms with Crippen LogP contribution in [-0.2, 0) is 14.7 Å². The second-order valence-electron chi connectivity index (χ2n) is 6.77. The Morgan fingerprint density at radius 2 is 1.84 bits per heavy atom. The van der Waals surface area contributed by atoms with Gasteiger partial charge >= 0.3 is 5.97 Å². The van der Waals surface area contributed by atoms with Gasteiger partial charge < -0.3 is 14.8 Å². The minimum Gasteiger partial charge on any atom is -0.465 e. The van der Waals surface area contributed by atoms with Crippen LogP contribution in [0.4, 0.5) is 11.6 Å². The van der Waals surface area contributed by atoms with E-state index in [2.05, 4.69) is 26.9 Å². The van der Waals surface area contributed by atoms with Crippen molar-refractivity contribution in [2.75, 3.05) is 23.7 Å². The molecule has 3 rings (SSSR count). The van der Waals surface area contributed by atoms with Crippen LogP contribution in [0.25, 0.3) is 0 Å². The van der Waals surface area contributed by atoms with E-state index in [9.17, 15) is 9.00 Å². The van der Waals surface area contributed by atoms with E-state index in [1.54, 1.807) is 36.4 Å². The fraction of sp³-hybridized carbons (Fsp3) is 0.227. The summed E-state index contributed by atoms with van der Waals surface area (Å²) < 4.78 is 35.6. The number of nitrogens with one attached hydrogen (secondary N) is 3. The number of ether oxygens (including phenoxy) is 2. The number of anilines is 2. The zero-order chi connectivity index (χ0) is 23.0. The molecule has 1 atom stereocenters. The zero-order valence-electron chi connectivity index (χ0n) is 17.8. The topological polar surface area (TPSA) is 126 Å². The van der Waals surface area contributed by atoms with Crippen molar-refractivity contribution in [2.45, 2.75) is 24.7 Å². The predicted octanol–water partition coefficient (Wildman–Crippen LogP) is 4.70. The summed E-state index contributed by atoms with van der Waals surface area (Å²) in [6.45, 7) is 2.65. The van der Waals surface area contributed by atoms with Gasteiger partial charge in [0.15, 0.2) is 15.7 Å². The number of para-hydroxylation sites is 1. The molecule has 168 valence electrons. The Bertz CT molecular complexity index is 1160. The molecule has 0 aliphatic heterocycles. The first kappa shape index (κ1) is 23.0. The van der Waals surface area contributed by atoms with Gasteiger partial charge in [-0.1, -0.05) is 31.5 Å². The van der Waals surface area contributed by atoms with E-state index in [1.165, 1.54) is 25.6 Å². The Balaban J connectivity index is 2.15. The first-order chi connectivity index (χ1) is 15.4. The minimum atomic E-state index is -3.73. The highest BCUT2D eigenvalue weighted by molar-refractivity contribution is 7.93. The lowest BCUT2D eigenvalue weighted by Gasteiger charge is -2.20. The Morgan fingerprint density at radius 3 is 2.50 bits per heavy atom. The molecule has 2 aromatic carbocycles. The van der Waals surface area contributed by atoms with Crippen molar-refractivity contribution in [1.29, 1.82) is 4.78 Å². The largest absolute Gasteiger partial charge is 0.465 e. The molecule has 1 unspecified atom stereocenters. The van der Waals surface area contributed by atoms with Crippen molar-refractivity contribution >= 4 is 27.5 Å². The van der Waals surface area contributed by atoms with Gasteiger partial charge in [0, 0.05) is 18.9 Å². The van der Waals surface area contributed by atoms with Gasteiger partial charge in [0.1, 0.15) is 10.6 Å². The number of nitrogens with zero attached hydrogens (tertiary/aromatic N) is 2. The fourth-order valence-electron chi connectivity index (χ4n) is 2.83. The maximum absolute atomic E-state index is 13.5. The summed E-state index contributed by atoms with van der Waals surface area (Å²) in [5.74, 6) is 0.0528. The summed E-state index contributed by atoms with van der Waals surface area (Å²) in [7, 11) is -2.47. The lowest BCUT2D eigenvalue weighted by Crippen LogP contribution is -2.17. The summed E-state index contributed by atoms with van der Waals surface area (Å²) in [6.07, 6.45) is 4.76. The number of carbonyl (C=O) groups excluding carboxylic acids is 1. The molecular formula is C22H25N5O4S. The predicted molar refractivity (Wildman–Crippen MR) is 122 cm³/mol. The number of hydrogen-bond donors (Lipinski definition) is 3. The van der Waals surface area contributed by atoms with E-state index in [1.807, 2.05) is 6.07 Å². The summed E-state index contributed by atoms with van der Waals surface area (Å²) in [6, 6.07) is 13.4. The van der Waals surface area contributed by atoms with Crippen LogP contribution < -0.4 is 14.8 Å². The van der Waals surface area contributed by atoms with Crippen molar-refractivity contribution in [3.63, 3.8) is 0 Å². The molecule has 3 N–H and O–H groups in total. The molecule has 0 saturated heterocycles. The van der Waals surface area contributed by atoms with E-state index in [4.69, 9.17) is 14.3 Å². The second kappa shape index (κ2) is 10.6. The van der Waals surface area contributed by atoms with Crippen molar-refractivity contribution in [3.05, 3.63) is 66.5 Å². The standard InChI is InChI=1S/C22H25N5O4S/c1-3-4-11-24-18-14-16(21(28)30-2)15-19(20(18)31-17-9-6-5-7-10-17)32(23,29)27-22-25-12-8-13-26-22/h5-10,12-15,24H,3-4,11H2,1-2H3,(H2,23,25,26,27,29). The highest BCUT2D eigenvalue weighted by Crippen LogP contribution is 2.38. The molecular weight excluding hydrogens is 430 g/mol. The lowest BCUT2D eigenvalue weighted by molar-refractivity contribution is 0.0600. The Labute approximate surface area is 187 Å². The number of methoxy groups -OCH3 is 1. The number of carbonyl (C=O) groups is 1. The zero-order valence-corrected chi connectivity index (χ0v) is 18.6. The number of esters is 1. The normalized spacial score (nSPS) is 12.4. The van der Waals surface area contributed by atoms with Crippen LogP contribution in [0.1, 0.15) is 30.1 Å². The number of unbranched alkanes of at least 4 members (excludes halogenated alkanes) is 1. The fourth-order valence-corrected chi connectivity index (χ4v) is 4.01. The molecule has 1 aromatic heterocycles. The second-order valence-corrected chi connectivity index (χ2v) is 8.53. The van der Waals surface area contributed by atoms with Crippen LogP contribution in [-0.4, -0.2) is 33.8 Å². The van der Waals surface area contributed by atoms with E-state index in [0.717, 1.165) is 12.8 Å². The quantitative estimate of drug-likeness (QED) is 0.299. The molecule has 0 aliphatic rings. The molecule has 3 aromatic rings. The molecule has 0 spiro atoms. The summed E-state index contributed by atoms with van der Waals surface area (Å²) >= 11 is 0. The smallest absolute Gasteiger partial charge is 0.337 e. The van der Waals surface area contributed by atoms with Gasteiger partial charge in [-0.2, -0.15) is 0 Å². The number of rotatable bonds is 10. The third-order valence-electron chi connectivity index (χ3n) is 4.40. The molecule has 9 nitrogen and oxygen atoms in total. The molecule has 0 radical (unpaired) electrons. The van der Waals surface area contributed by atoms with Gasteiger partial charge in [0.25, 0.3) is 0 Å². The molecule has 0 fully saturated rings. The van der Waals surface area contributed by atoms with Gasteiger partial charge in [-0.15, -0.1) is 0 Å². The van der Waals surface area contributed by atoms with Gasteiger partial charge in [-0.05, 0) is 36.8 Å². The maximum atomic E-state index is 13.5. The van der Waals surface area contributed by atoms with Crippen molar-refractivity contribution in [1.82, 2.24) is 9.97 Å². The number of hydrogen-bond acceptors (Lipinski definition) is 8. The van der Waals surface area contributed by atoms with E-state index in [-0.39, 0.29) is 22.2 Å². The Morgan fingerprint density at radius 1 is 1.12 bits per heavy atom. The average Bonchev–Trinajstić information content (AvgIpc) is 2.80. The van der Waals surface area contributed by atoms with Crippen molar-refractivity contribution in [2.24, 2.45) is 0 Å². The van der Waals surface area contributed by atoms with Crippen LogP contribution in [0, 0.1) is 4.78 Å². The van der Waals surface area contributed by atoms with E-state index < -0.39 is 15.9 Å². The van der Waals surface area contributed by atoms with Crippen LogP contribution in [0.3, 0.4) is 0 Å². The summed E-state index contributed by atoms with van der Waals surface area (Å²) in [4.78, 5) is 20.3. The van der Waals surface area contributed by atoms with Crippen LogP contribution in [0.2, 0.25) is 0 Å². The lowest BCUT2D eigenvalue weighted by atomic mass is 10.1. The molecule has 32 heavy (non-hydrogen) atoms. The average molecular weight is 456 g/mol. The molecule has 1 heterocycles. The third-order valence-corrected chi connectivity index (χ3v) is 5.79. The Kier molecular flexibility index (Phi) is 7.61. The van der Waals surface area contributed by atoms with Gasteiger partial charge in [-0.3, -0.25) is 4.72 Å². The molecule has 10 heteroatoms. The molecule has 0 saturated carbocycles. The van der Waals surface area contributed by atoms with Gasteiger partial charge in [0.2, 0.25) is 5.95 Å². The highest BCUT2D eigenvalue weighted by Gasteiger charge is 2.25. The van der Waals surface area contributed by atoms with Gasteiger partial charge in [-0.25, -0.2) is 23.8 Å². The number of benzene rings is 2. The summed E-state index contributed by atoms with van der Waals surface area (Å²) in [5, 5.41) is 3.23. The van der Waals surface area contributed by atoms with Crippen molar-refractivity contribution < 1.29 is 18.5 Å². The monoisotopic (exact) mass is 455 g/mol. The minimum absolute atomic E-state index is 0.0159. The SMILES string of the molecule is CCCCNc1cc(C(=O)OC)cc(S(=N)(=O)Nc2ncccn2)c1Oc1ccccc1. The van der Waals surface area contributed by atoms with E-state index in [0.29, 0.717) is 18.0 Å².